The molecule has 19 heavy (non-hydrogen) atoms. The number of rotatable bonds is 5. The van der Waals surface area contributed by atoms with Gasteiger partial charge < -0.3 is 10.1 Å². The van der Waals surface area contributed by atoms with E-state index in [4.69, 9.17) is 4.74 Å². The van der Waals surface area contributed by atoms with Crippen molar-refractivity contribution in [2.45, 2.75) is 26.0 Å². The number of aromatic nitrogens is 2. The van der Waals surface area contributed by atoms with Gasteiger partial charge in [-0.05, 0) is 44.2 Å². The summed E-state index contributed by atoms with van der Waals surface area (Å²) < 4.78 is 5.68. The fourth-order valence-corrected chi connectivity index (χ4v) is 2.00. The minimum absolute atomic E-state index is 0.0666. The van der Waals surface area contributed by atoms with E-state index >= 15 is 0 Å². The van der Waals surface area contributed by atoms with Crippen molar-refractivity contribution in [1.82, 2.24) is 15.3 Å². The van der Waals surface area contributed by atoms with Gasteiger partial charge >= 0.3 is 0 Å². The Kier molecular flexibility index (Phi) is 4.47. The van der Waals surface area contributed by atoms with Gasteiger partial charge in [0.25, 0.3) is 0 Å². The van der Waals surface area contributed by atoms with Crippen LogP contribution in [0.4, 0.5) is 0 Å². The molecule has 1 atom stereocenters. The quantitative estimate of drug-likeness (QED) is 0.894. The number of nitrogens with one attached hydrogen (secondary N) is 1. The molecular formula is C15H19N3O. The molecule has 1 N–H and O–H groups in total. The van der Waals surface area contributed by atoms with Crippen LogP contribution < -0.4 is 10.1 Å². The zero-order valence-corrected chi connectivity index (χ0v) is 11.5. The first-order chi connectivity index (χ1) is 9.20. The predicted molar refractivity (Wildman–Crippen MR) is 75.1 cm³/mol. The van der Waals surface area contributed by atoms with Crippen LogP contribution >= 0.6 is 0 Å². The van der Waals surface area contributed by atoms with Crippen molar-refractivity contribution in [1.29, 1.82) is 0 Å². The highest BCUT2D eigenvalue weighted by atomic mass is 16.5. The van der Waals surface area contributed by atoms with Crippen LogP contribution in [0.1, 0.15) is 31.0 Å². The van der Waals surface area contributed by atoms with Crippen LogP contribution in [-0.2, 0) is 0 Å². The van der Waals surface area contributed by atoms with Crippen LogP contribution in [0.15, 0.2) is 43.0 Å². The molecule has 4 nitrogen and oxygen atoms in total. The van der Waals surface area contributed by atoms with Crippen molar-refractivity contribution in [2.75, 3.05) is 7.05 Å². The van der Waals surface area contributed by atoms with E-state index in [0.717, 1.165) is 16.9 Å². The SMILES string of the molecule is CNC(c1cccnc1)c1cncc(OC(C)C)c1. The number of ether oxygens (including phenoxy) is 1. The Bertz CT molecular complexity index is 514. The lowest BCUT2D eigenvalue weighted by Gasteiger charge is -2.18. The van der Waals surface area contributed by atoms with Crippen LogP contribution in [0, 0.1) is 0 Å². The van der Waals surface area contributed by atoms with Gasteiger partial charge in [0.05, 0.1) is 18.3 Å². The van der Waals surface area contributed by atoms with Gasteiger partial charge in [0.2, 0.25) is 0 Å². The van der Waals surface area contributed by atoms with Gasteiger partial charge in [0.1, 0.15) is 5.75 Å². The highest BCUT2D eigenvalue weighted by molar-refractivity contribution is 5.32. The first kappa shape index (κ1) is 13.5. The van der Waals surface area contributed by atoms with E-state index in [-0.39, 0.29) is 12.1 Å². The van der Waals surface area contributed by atoms with Crippen LogP contribution in [0.3, 0.4) is 0 Å². The molecule has 0 bridgehead atoms. The van der Waals surface area contributed by atoms with E-state index < -0.39 is 0 Å². The van der Waals surface area contributed by atoms with E-state index in [1.54, 1.807) is 12.4 Å². The number of hydrogen-bond donors (Lipinski definition) is 1. The van der Waals surface area contributed by atoms with Gasteiger partial charge in [0.15, 0.2) is 0 Å². The zero-order valence-electron chi connectivity index (χ0n) is 11.5. The van der Waals surface area contributed by atoms with E-state index in [2.05, 4.69) is 15.3 Å². The Morgan fingerprint density at radius 3 is 2.53 bits per heavy atom. The Balaban J connectivity index is 2.28. The second-order valence-electron chi connectivity index (χ2n) is 4.63. The van der Waals surface area contributed by atoms with E-state index in [1.165, 1.54) is 0 Å². The first-order valence-electron chi connectivity index (χ1n) is 6.39. The zero-order chi connectivity index (χ0) is 13.7. The summed E-state index contributed by atoms with van der Waals surface area (Å²) in [5, 5.41) is 3.28. The lowest BCUT2D eigenvalue weighted by molar-refractivity contribution is 0.241. The number of pyridine rings is 2. The van der Waals surface area contributed by atoms with Gasteiger partial charge in [-0.15, -0.1) is 0 Å². The van der Waals surface area contributed by atoms with Crippen molar-refractivity contribution < 1.29 is 4.74 Å². The van der Waals surface area contributed by atoms with Gasteiger partial charge in [-0.3, -0.25) is 9.97 Å². The molecule has 4 heteroatoms. The molecule has 0 saturated heterocycles. The molecule has 0 aliphatic rings. The lowest BCUT2D eigenvalue weighted by atomic mass is 10.0. The van der Waals surface area contributed by atoms with Crippen LogP contribution in [0.2, 0.25) is 0 Å². The number of nitrogens with zero attached hydrogens (tertiary/aromatic N) is 2. The first-order valence-corrected chi connectivity index (χ1v) is 6.39. The molecule has 2 heterocycles. The molecule has 0 aliphatic carbocycles. The molecule has 0 radical (unpaired) electrons. The molecule has 0 aliphatic heterocycles. The van der Waals surface area contributed by atoms with Crippen molar-refractivity contribution in [3.63, 3.8) is 0 Å². The highest BCUT2D eigenvalue weighted by Gasteiger charge is 2.13. The average molecular weight is 257 g/mol. The van der Waals surface area contributed by atoms with Gasteiger partial charge in [-0.2, -0.15) is 0 Å². The molecule has 2 rings (SSSR count). The molecular weight excluding hydrogens is 238 g/mol. The molecule has 1 unspecified atom stereocenters. The summed E-state index contributed by atoms with van der Waals surface area (Å²) in [6, 6.07) is 6.06. The Morgan fingerprint density at radius 1 is 1.11 bits per heavy atom. The molecule has 100 valence electrons. The second-order valence-corrected chi connectivity index (χ2v) is 4.63. The Labute approximate surface area is 113 Å². The molecule has 0 aromatic carbocycles. The lowest BCUT2D eigenvalue weighted by Crippen LogP contribution is -2.18. The summed E-state index contributed by atoms with van der Waals surface area (Å²) in [4.78, 5) is 8.40. The monoisotopic (exact) mass is 257 g/mol. The molecule has 0 amide bonds. The fourth-order valence-electron chi connectivity index (χ4n) is 2.00. The van der Waals surface area contributed by atoms with Gasteiger partial charge in [0, 0.05) is 18.6 Å². The molecule has 0 fully saturated rings. The summed E-state index contributed by atoms with van der Waals surface area (Å²) in [6.45, 7) is 4.01. The van der Waals surface area contributed by atoms with Crippen LogP contribution in [0.5, 0.6) is 5.75 Å². The van der Waals surface area contributed by atoms with E-state index in [0.29, 0.717) is 0 Å². The maximum atomic E-state index is 5.68. The smallest absolute Gasteiger partial charge is 0.138 e. The van der Waals surface area contributed by atoms with Crippen LogP contribution in [0.25, 0.3) is 0 Å². The standard InChI is InChI=1S/C15H19N3O/c1-11(2)19-14-7-13(9-18-10-14)15(16-3)12-5-4-6-17-8-12/h4-11,15-16H,1-3H3. The van der Waals surface area contributed by atoms with Crippen molar-refractivity contribution >= 4 is 0 Å². The summed E-state index contributed by atoms with van der Waals surface area (Å²) in [5.74, 6) is 0.789. The van der Waals surface area contributed by atoms with Crippen molar-refractivity contribution in [3.05, 3.63) is 54.1 Å². The highest BCUT2D eigenvalue weighted by Crippen LogP contribution is 2.23. The van der Waals surface area contributed by atoms with Gasteiger partial charge in [-0.25, -0.2) is 0 Å². The third kappa shape index (κ3) is 3.51. The average Bonchev–Trinajstić information content (AvgIpc) is 2.40. The maximum absolute atomic E-state index is 5.68. The Hall–Kier alpha value is -1.94. The normalized spacial score (nSPS) is 12.4. The largest absolute Gasteiger partial charge is 0.489 e. The molecule has 2 aromatic rings. The predicted octanol–water partition coefficient (Wildman–Crippen LogP) is 2.57. The minimum Gasteiger partial charge on any atom is -0.489 e. The second kappa shape index (κ2) is 6.29. The van der Waals surface area contributed by atoms with Gasteiger partial charge in [-0.1, -0.05) is 6.07 Å². The summed E-state index contributed by atoms with van der Waals surface area (Å²) in [7, 11) is 1.92. The summed E-state index contributed by atoms with van der Waals surface area (Å²) in [5.41, 5.74) is 2.17. The van der Waals surface area contributed by atoms with E-state index in [9.17, 15) is 0 Å². The topological polar surface area (TPSA) is 47.0 Å². The summed E-state index contributed by atoms with van der Waals surface area (Å²) in [6.07, 6.45) is 7.36. The molecule has 0 spiro atoms. The minimum atomic E-state index is 0.0666. The molecule has 0 saturated carbocycles. The fraction of sp³-hybridized carbons (Fsp3) is 0.333. The van der Waals surface area contributed by atoms with Crippen LogP contribution in [-0.4, -0.2) is 23.1 Å². The third-order valence-corrected chi connectivity index (χ3v) is 2.75. The van der Waals surface area contributed by atoms with Crippen molar-refractivity contribution in [3.8, 4) is 5.75 Å². The Morgan fingerprint density at radius 2 is 1.89 bits per heavy atom. The number of hydrogen-bond acceptors (Lipinski definition) is 4. The van der Waals surface area contributed by atoms with E-state index in [1.807, 2.05) is 51.5 Å². The molecule has 2 aromatic heterocycles. The maximum Gasteiger partial charge on any atom is 0.138 e. The third-order valence-electron chi connectivity index (χ3n) is 2.75. The van der Waals surface area contributed by atoms with Crippen molar-refractivity contribution in [2.24, 2.45) is 0 Å². The summed E-state index contributed by atoms with van der Waals surface area (Å²) >= 11 is 0.